The molecule has 0 aromatic carbocycles. The van der Waals surface area contributed by atoms with Gasteiger partial charge in [0.1, 0.15) is 6.10 Å². The highest BCUT2D eigenvalue weighted by atomic mass is 16.5. The minimum Gasteiger partial charge on any atom is -0.462 e. The Kier molecular flexibility index (Phi) is 4.04. The first kappa shape index (κ1) is 11.0. The standard InChI is InChI=1S/C13H22O2/c14-13(15-12-9-5-6-10-12)11-7-3-1-2-4-8-11/h11-12H,1-10H2. The Bertz CT molecular complexity index is 199. The maximum Gasteiger partial charge on any atom is 0.309 e. The summed E-state index contributed by atoms with van der Waals surface area (Å²) in [6.07, 6.45) is 12.1. The van der Waals surface area contributed by atoms with Crippen LogP contribution in [-0.4, -0.2) is 12.1 Å². The van der Waals surface area contributed by atoms with Gasteiger partial charge in [-0.15, -0.1) is 0 Å². The number of carbonyl (C=O) groups excluding carboxylic acids is 1. The minimum atomic E-state index is 0.101. The summed E-state index contributed by atoms with van der Waals surface area (Å²) in [6.45, 7) is 0. The number of hydrogen-bond acceptors (Lipinski definition) is 2. The molecule has 2 rings (SSSR count). The molecule has 0 amide bonds. The van der Waals surface area contributed by atoms with Crippen LogP contribution >= 0.6 is 0 Å². The Morgan fingerprint density at radius 2 is 1.33 bits per heavy atom. The Balaban J connectivity index is 1.77. The summed E-state index contributed by atoms with van der Waals surface area (Å²) < 4.78 is 5.57. The van der Waals surface area contributed by atoms with E-state index in [0.717, 1.165) is 25.7 Å². The van der Waals surface area contributed by atoms with Gasteiger partial charge in [-0.2, -0.15) is 0 Å². The van der Waals surface area contributed by atoms with Crippen LogP contribution in [0, 0.1) is 5.92 Å². The molecule has 0 spiro atoms. The molecule has 0 aromatic heterocycles. The lowest BCUT2D eigenvalue weighted by Gasteiger charge is -2.17. The van der Waals surface area contributed by atoms with Gasteiger partial charge in [0.2, 0.25) is 0 Å². The predicted octanol–water partition coefficient (Wildman–Crippen LogP) is 3.44. The number of rotatable bonds is 2. The highest BCUT2D eigenvalue weighted by Gasteiger charge is 2.25. The fourth-order valence-corrected chi connectivity index (χ4v) is 2.78. The number of carbonyl (C=O) groups is 1. The van der Waals surface area contributed by atoms with Gasteiger partial charge in [0.05, 0.1) is 5.92 Å². The van der Waals surface area contributed by atoms with E-state index in [4.69, 9.17) is 4.74 Å². The fraction of sp³-hybridized carbons (Fsp3) is 0.923. The lowest BCUT2D eigenvalue weighted by molar-refractivity contribution is -0.154. The van der Waals surface area contributed by atoms with Crippen molar-refractivity contribution in [2.24, 2.45) is 5.92 Å². The lowest BCUT2D eigenvalue weighted by atomic mass is 10.0. The Morgan fingerprint density at radius 3 is 1.93 bits per heavy atom. The third-order valence-electron chi connectivity index (χ3n) is 3.77. The lowest BCUT2D eigenvalue weighted by Crippen LogP contribution is -2.22. The number of hydrogen-bond donors (Lipinski definition) is 0. The van der Waals surface area contributed by atoms with Crippen molar-refractivity contribution in [3.8, 4) is 0 Å². The smallest absolute Gasteiger partial charge is 0.309 e. The van der Waals surface area contributed by atoms with Gasteiger partial charge in [0, 0.05) is 0 Å². The van der Waals surface area contributed by atoms with Crippen LogP contribution in [0.4, 0.5) is 0 Å². The van der Waals surface area contributed by atoms with Gasteiger partial charge in [-0.05, 0) is 38.5 Å². The maximum atomic E-state index is 11.9. The third kappa shape index (κ3) is 3.22. The summed E-state index contributed by atoms with van der Waals surface area (Å²) in [5, 5.41) is 0. The van der Waals surface area contributed by atoms with E-state index >= 15 is 0 Å². The van der Waals surface area contributed by atoms with Gasteiger partial charge >= 0.3 is 5.97 Å². The highest BCUT2D eigenvalue weighted by Crippen LogP contribution is 2.27. The van der Waals surface area contributed by atoms with E-state index in [-0.39, 0.29) is 18.0 Å². The molecule has 2 saturated carbocycles. The first-order valence-electron chi connectivity index (χ1n) is 6.57. The van der Waals surface area contributed by atoms with E-state index in [2.05, 4.69) is 0 Å². The molecule has 0 saturated heterocycles. The van der Waals surface area contributed by atoms with Gasteiger partial charge in [0.15, 0.2) is 0 Å². The monoisotopic (exact) mass is 210 g/mol. The maximum absolute atomic E-state index is 11.9. The molecule has 0 radical (unpaired) electrons. The summed E-state index contributed by atoms with van der Waals surface area (Å²) in [5.74, 6) is 0.317. The predicted molar refractivity (Wildman–Crippen MR) is 59.5 cm³/mol. The molecule has 0 aromatic rings. The van der Waals surface area contributed by atoms with Crippen molar-refractivity contribution in [1.82, 2.24) is 0 Å². The van der Waals surface area contributed by atoms with E-state index in [0.29, 0.717) is 0 Å². The number of esters is 1. The van der Waals surface area contributed by atoms with Crippen LogP contribution in [0.1, 0.15) is 64.2 Å². The molecule has 2 heteroatoms. The van der Waals surface area contributed by atoms with Crippen LogP contribution in [0.25, 0.3) is 0 Å². The molecular weight excluding hydrogens is 188 g/mol. The van der Waals surface area contributed by atoms with Crippen LogP contribution in [0.3, 0.4) is 0 Å². The quantitative estimate of drug-likeness (QED) is 0.515. The molecule has 0 heterocycles. The van der Waals surface area contributed by atoms with Crippen molar-refractivity contribution in [3.63, 3.8) is 0 Å². The molecular formula is C13H22O2. The molecule has 2 aliphatic carbocycles. The summed E-state index contributed by atoms with van der Waals surface area (Å²) in [5.41, 5.74) is 0. The Hall–Kier alpha value is -0.530. The first-order chi connectivity index (χ1) is 7.36. The average molecular weight is 210 g/mol. The Morgan fingerprint density at radius 1 is 0.800 bits per heavy atom. The van der Waals surface area contributed by atoms with Crippen molar-refractivity contribution < 1.29 is 9.53 Å². The molecule has 2 nitrogen and oxygen atoms in total. The zero-order valence-corrected chi connectivity index (χ0v) is 9.54. The fourth-order valence-electron chi connectivity index (χ4n) is 2.78. The van der Waals surface area contributed by atoms with Gasteiger partial charge in [-0.3, -0.25) is 4.79 Å². The van der Waals surface area contributed by atoms with E-state index < -0.39 is 0 Å². The minimum absolute atomic E-state index is 0.101. The topological polar surface area (TPSA) is 26.3 Å². The van der Waals surface area contributed by atoms with Crippen LogP contribution < -0.4 is 0 Å². The zero-order valence-electron chi connectivity index (χ0n) is 9.54. The second kappa shape index (κ2) is 5.53. The van der Waals surface area contributed by atoms with Gasteiger partial charge in [-0.1, -0.05) is 25.7 Å². The van der Waals surface area contributed by atoms with Crippen LogP contribution in [0.5, 0.6) is 0 Å². The average Bonchev–Trinajstić information content (AvgIpc) is 2.58. The largest absolute Gasteiger partial charge is 0.462 e. The molecule has 15 heavy (non-hydrogen) atoms. The second-order valence-electron chi connectivity index (χ2n) is 5.03. The van der Waals surface area contributed by atoms with Crippen molar-refractivity contribution in [3.05, 3.63) is 0 Å². The van der Waals surface area contributed by atoms with E-state index in [1.165, 1.54) is 38.5 Å². The van der Waals surface area contributed by atoms with E-state index in [1.54, 1.807) is 0 Å². The second-order valence-corrected chi connectivity index (χ2v) is 5.03. The van der Waals surface area contributed by atoms with Gasteiger partial charge in [0.25, 0.3) is 0 Å². The normalized spacial score (nSPS) is 25.1. The van der Waals surface area contributed by atoms with Gasteiger partial charge < -0.3 is 4.74 Å². The van der Waals surface area contributed by atoms with Crippen molar-refractivity contribution in [2.75, 3.05) is 0 Å². The molecule has 0 unspecified atom stereocenters. The molecule has 0 N–H and O–H groups in total. The van der Waals surface area contributed by atoms with Crippen LogP contribution in [-0.2, 0) is 9.53 Å². The Labute approximate surface area is 92.4 Å². The number of ether oxygens (including phenoxy) is 1. The molecule has 0 atom stereocenters. The SMILES string of the molecule is O=C(OC1CCCC1)C1CCCCCC1. The van der Waals surface area contributed by atoms with Crippen LogP contribution in [0.2, 0.25) is 0 Å². The summed E-state index contributed by atoms with van der Waals surface area (Å²) in [4.78, 5) is 11.9. The van der Waals surface area contributed by atoms with E-state index in [1.807, 2.05) is 0 Å². The molecule has 0 bridgehead atoms. The van der Waals surface area contributed by atoms with E-state index in [9.17, 15) is 4.79 Å². The zero-order chi connectivity index (χ0) is 10.5. The van der Waals surface area contributed by atoms with Crippen molar-refractivity contribution in [1.29, 1.82) is 0 Å². The molecule has 0 aliphatic heterocycles. The van der Waals surface area contributed by atoms with Crippen LogP contribution in [0.15, 0.2) is 0 Å². The molecule has 86 valence electrons. The molecule has 2 aliphatic rings. The summed E-state index contributed by atoms with van der Waals surface area (Å²) in [6, 6.07) is 0. The summed E-state index contributed by atoms with van der Waals surface area (Å²) >= 11 is 0. The molecule has 2 fully saturated rings. The summed E-state index contributed by atoms with van der Waals surface area (Å²) in [7, 11) is 0. The van der Waals surface area contributed by atoms with Crippen molar-refractivity contribution >= 4 is 5.97 Å². The van der Waals surface area contributed by atoms with Gasteiger partial charge in [-0.25, -0.2) is 0 Å². The highest BCUT2D eigenvalue weighted by molar-refractivity contribution is 5.72. The van der Waals surface area contributed by atoms with Crippen molar-refractivity contribution in [2.45, 2.75) is 70.3 Å². The first-order valence-corrected chi connectivity index (χ1v) is 6.57. The third-order valence-corrected chi connectivity index (χ3v) is 3.77.